The van der Waals surface area contributed by atoms with Crippen molar-refractivity contribution in [1.82, 2.24) is 29.9 Å². The first-order chi connectivity index (χ1) is 15.3. The lowest BCUT2D eigenvalue weighted by Gasteiger charge is -2.12. The van der Waals surface area contributed by atoms with Gasteiger partial charge in [0.05, 0.1) is 17.4 Å². The second-order valence-electron chi connectivity index (χ2n) is 7.74. The number of rotatable bonds is 4. The minimum absolute atomic E-state index is 0.202. The Balaban J connectivity index is 1.56. The zero-order chi connectivity index (χ0) is 22.5. The Hall–Kier alpha value is -3.22. The van der Waals surface area contributed by atoms with Crippen LogP contribution in [0.25, 0.3) is 33.5 Å². The molecular weight excluding hydrogens is 450 g/mol. The Morgan fingerprint density at radius 2 is 1.94 bits per heavy atom. The molecule has 0 aliphatic heterocycles. The molecule has 0 spiro atoms. The lowest BCUT2D eigenvalue weighted by atomic mass is 10.1. The highest BCUT2D eigenvalue weighted by Crippen LogP contribution is 2.36. The Labute approximate surface area is 187 Å². The molecule has 160 valence electrons. The van der Waals surface area contributed by atoms with Crippen LogP contribution in [0.1, 0.15) is 11.1 Å². The third kappa shape index (κ3) is 3.66. The summed E-state index contributed by atoms with van der Waals surface area (Å²) in [5.74, 6) is -0.538. The largest absolute Gasteiger partial charge is 0.319 e. The molecule has 0 N–H and O–H groups in total. The highest BCUT2D eigenvalue weighted by Gasteiger charge is 2.20. The van der Waals surface area contributed by atoms with Gasteiger partial charge in [0, 0.05) is 22.5 Å². The molecule has 2 aromatic carbocycles. The third-order valence-corrected chi connectivity index (χ3v) is 7.09. The van der Waals surface area contributed by atoms with Gasteiger partial charge >= 0.3 is 0 Å². The molecule has 0 fully saturated rings. The zero-order valence-corrected chi connectivity index (χ0v) is 18.8. The quantitative estimate of drug-likeness (QED) is 0.284. The maximum atomic E-state index is 14.6. The second-order valence-corrected chi connectivity index (χ2v) is 11.3. The van der Waals surface area contributed by atoms with Crippen molar-refractivity contribution in [3.8, 4) is 11.3 Å². The summed E-state index contributed by atoms with van der Waals surface area (Å²) in [6.07, 6.45) is 3.23. The van der Waals surface area contributed by atoms with Crippen molar-refractivity contribution in [3.63, 3.8) is 0 Å². The average Bonchev–Trinajstić information content (AvgIpc) is 3.20. The molecule has 10 heteroatoms. The van der Waals surface area contributed by atoms with E-state index in [1.54, 1.807) is 12.3 Å². The molecule has 3 aromatic heterocycles. The fraction of sp³-hybridized carbons (Fsp3) is 0.136. The minimum atomic E-state index is -2.73. The normalized spacial score (nSPS) is 13.0. The van der Waals surface area contributed by atoms with Crippen molar-refractivity contribution in [3.05, 3.63) is 72.3 Å². The number of alkyl halides is 1. The number of pyridine rings is 1. The lowest BCUT2D eigenvalue weighted by Crippen LogP contribution is -2.09. The molecule has 1 unspecified atom stereocenters. The maximum absolute atomic E-state index is 14.6. The molecule has 0 aliphatic rings. The monoisotopic (exact) mass is 466 g/mol. The number of aromatic nitrogens is 6. The molecule has 7 nitrogen and oxygen atoms in total. The summed E-state index contributed by atoms with van der Waals surface area (Å²) in [5.41, 5.74) is 2.60. The number of hydrogen-bond donors (Lipinski definition) is 0. The number of halogens is 2. The summed E-state index contributed by atoms with van der Waals surface area (Å²) in [5, 5.41) is 9.34. The van der Waals surface area contributed by atoms with Gasteiger partial charge in [0.25, 0.3) is 0 Å². The van der Waals surface area contributed by atoms with Crippen LogP contribution in [0, 0.1) is 5.82 Å². The van der Waals surface area contributed by atoms with Crippen LogP contribution < -0.4 is 5.30 Å². The van der Waals surface area contributed by atoms with Gasteiger partial charge in [-0.2, -0.15) is 0 Å². The van der Waals surface area contributed by atoms with E-state index in [4.69, 9.17) is 11.6 Å². The van der Waals surface area contributed by atoms with Gasteiger partial charge in [-0.25, -0.2) is 19.0 Å². The first kappa shape index (κ1) is 20.7. The molecule has 5 aromatic rings. The van der Waals surface area contributed by atoms with E-state index in [0.717, 1.165) is 16.5 Å². The Kier molecular flexibility index (Phi) is 4.99. The van der Waals surface area contributed by atoms with Crippen molar-refractivity contribution < 1.29 is 8.96 Å². The van der Waals surface area contributed by atoms with Crippen LogP contribution in [0.3, 0.4) is 0 Å². The van der Waals surface area contributed by atoms with Crippen LogP contribution in [0.5, 0.6) is 0 Å². The van der Waals surface area contributed by atoms with Gasteiger partial charge in [0.2, 0.25) is 5.65 Å². The number of nitrogens with zero attached hydrogens (tertiary/aromatic N) is 6. The van der Waals surface area contributed by atoms with Gasteiger partial charge in [-0.15, -0.1) is 5.10 Å². The molecule has 0 aliphatic carbocycles. The molecule has 0 saturated heterocycles. The van der Waals surface area contributed by atoms with Crippen molar-refractivity contribution in [2.24, 2.45) is 0 Å². The minimum Gasteiger partial charge on any atom is -0.319 e. The number of benzene rings is 2. The molecule has 0 radical (unpaired) electrons. The van der Waals surface area contributed by atoms with Gasteiger partial charge in [-0.1, -0.05) is 35.0 Å². The van der Waals surface area contributed by atoms with E-state index in [1.807, 2.05) is 30.3 Å². The fourth-order valence-corrected chi connectivity index (χ4v) is 4.79. The Morgan fingerprint density at radius 1 is 1.09 bits per heavy atom. The molecule has 0 saturated carbocycles. The van der Waals surface area contributed by atoms with Crippen molar-refractivity contribution in [1.29, 1.82) is 0 Å². The molecule has 3 heterocycles. The first-order valence-electron chi connectivity index (χ1n) is 9.73. The van der Waals surface area contributed by atoms with Gasteiger partial charge in [-0.3, -0.25) is 4.98 Å². The van der Waals surface area contributed by atoms with Gasteiger partial charge in [0.1, 0.15) is 13.0 Å². The lowest BCUT2D eigenvalue weighted by molar-refractivity contribution is 0.584. The average molecular weight is 467 g/mol. The summed E-state index contributed by atoms with van der Waals surface area (Å²) in [4.78, 5) is 13.2. The zero-order valence-electron chi connectivity index (χ0n) is 17.1. The van der Waals surface area contributed by atoms with Crippen molar-refractivity contribution >= 4 is 46.2 Å². The van der Waals surface area contributed by atoms with E-state index < -0.39 is 18.5 Å². The van der Waals surface area contributed by atoms with Crippen LogP contribution in [0.4, 0.5) is 4.39 Å². The van der Waals surface area contributed by atoms with Gasteiger partial charge < -0.3 is 4.57 Å². The molecule has 32 heavy (non-hydrogen) atoms. The van der Waals surface area contributed by atoms with Gasteiger partial charge in [-0.05, 0) is 49.2 Å². The van der Waals surface area contributed by atoms with Crippen LogP contribution in [-0.4, -0.2) is 43.3 Å². The van der Waals surface area contributed by atoms with Crippen molar-refractivity contribution in [2.45, 2.75) is 5.50 Å². The van der Waals surface area contributed by atoms with Gasteiger partial charge in [0.15, 0.2) is 11.1 Å². The summed E-state index contributed by atoms with van der Waals surface area (Å²) < 4.78 is 28.3. The molecule has 1 atom stereocenters. The maximum Gasteiger partial charge on any atom is 0.221 e. The van der Waals surface area contributed by atoms with E-state index in [0.29, 0.717) is 22.6 Å². The molecule has 0 amide bonds. The molecule has 5 rings (SSSR count). The highest BCUT2D eigenvalue weighted by molar-refractivity contribution is 7.70. The molecule has 0 bridgehead atoms. The second kappa shape index (κ2) is 7.73. The summed E-state index contributed by atoms with van der Waals surface area (Å²) in [6, 6.07) is 14.0. The number of fused-ring (bicyclic) bond motifs is 2. The Bertz CT molecular complexity index is 1530. The summed E-state index contributed by atoms with van der Waals surface area (Å²) >= 11 is 6.73. The standard InChI is InChI=1S/C22H17ClFN6OP/c1-32(2,31)19-8-6-14(11-16(19)24)18-12-26-21-22(27-18)30(29-28-21)20(23)15-5-7-17-13(10-15)4-3-9-25-17/h3-12,20H,1-2H3. The van der Waals surface area contributed by atoms with E-state index in [2.05, 4.69) is 25.3 Å². The fourth-order valence-electron chi connectivity index (χ4n) is 3.51. The Morgan fingerprint density at radius 3 is 2.72 bits per heavy atom. The predicted octanol–water partition coefficient (Wildman–Crippen LogP) is 4.61. The van der Waals surface area contributed by atoms with E-state index >= 15 is 0 Å². The topological polar surface area (TPSA) is 86.5 Å². The predicted molar refractivity (Wildman–Crippen MR) is 123 cm³/mol. The van der Waals surface area contributed by atoms with Crippen LogP contribution >= 0.6 is 18.7 Å². The van der Waals surface area contributed by atoms with E-state index in [1.165, 1.54) is 36.3 Å². The summed E-state index contributed by atoms with van der Waals surface area (Å²) in [7, 11) is -2.73. The van der Waals surface area contributed by atoms with Crippen LogP contribution in [0.2, 0.25) is 0 Å². The number of hydrogen-bond acceptors (Lipinski definition) is 6. The third-order valence-electron chi connectivity index (χ3n) is 5.13. The highest BCUT2D eigenvalue weighted by atomic mass is 35.5. The van der Waals surface area contributed by atoms with E-state index in [9.17, 15) is 8.96 Å². The van der Waals surface area contributed by atoms with Crippen molar-refractivity contribution in [2.75, 3.05) is 13.3 Å². The summed E-state index contributed by atoms with van der Waals surface area (Å²) in [6.45, 7) is 3.06. The smallest absolute Gasteiger partial charge is 0.221 e. The first-order valence-corrected chi connectivity index (χ1v) is 12.8. The van der Waals surface area contributed by atoms with Crippen LogP contribution in [0.15, 0.2) is 60.9 Å². The SMILES string of the molecule is CP(C)(=O)c1ccc(-c2cnc3nnn(C(Cl)c4ccc5ncccc5c4)c3n2)cc1F. The van der Waals surface area contributed by atoms with E-state index in [-0.39, 0.29) is 5.30 Å². The van der Waals surface area contributed by atoms with Crippen LogP contribution in [-0.2, 0) is 4.57 Å². The molecular formula is C22H17ClFN6OP.